The molecule has 1 aliphatic heterocycles. The van der Waals surface area contributed by atoms with Crippen molar-refractivity contribution >= 4 is 5.91 Å². The molecule has 102 valence electrons. The lowest BCUT2D eigenvalue weighted by molar-refractivity contribution is -0.126. The van der Waals surface area contributed by atoms with E-state index in [0.29, 0.717) is 11.8 Å². The highest BCUT2D eigenvalue weighted by atomic mass is 16.1. The molecule has 0 aromatic heterocycles. The van der Waals surface area contributed by atoms with Crippen LogP contribution in [-0.2, 0) is 4.79 Å². The van der Waals surface area contributed by atoms with Crippen molar-refractivity contribution < 1.29 is 4.79 Å². The Balaban J connectivity index is 1.50. The lowest BCUT2D eigenvalue weighted by Crippen LogP contribution is -2.51. The van der Waals surface area contributed by atoms with E-state index in [1.807, 2.05) is 0 Å². The maximum atomic E-state index is 12.2. The van der Waals surface area contributed by atoms with Gasteiger partial charge in [-0.1, -0.05) is 25.7 Å². The van der Waals surface area contributed by atoms with Gasteiger partial charge in [-0.25, -0.2) is 0 Å². The zero-order valence-corrected chi connectivity index (χ0v) is 11.3. The fraction of sp³-hybridized carbons (Fsp3) is 0.933. The molecule has 3 nitrogen and oxygen atoms in total. The molecule has 2 atom stereocenters. The lowest BCUT2D eigenvalue weighted by atomic mass is 9.80. The number of nitrogens with one attached hydrogen (secondary N) is 2. The van der Waals surface area contributed by atoms with Crippen LogP contribution in [0.4, 0.5) is 0 Å². The molecule has 2 unspecified atom stereocenters. The summed E-state index contributed by atoms with van der Waals surface area (Å²) in [6.45, 7) is 2.03. The molecular formula is C15H26N2O. The maximum absolute atomic E-state index is 12.2. The largest absolute Gasteiger partial charge is 0.354 e. The monoisotopic (exact) mass is 250 g/mol. The highest BCUT2D eigenvalue weighted by molar-refractivity contribution is 5.78. The summed E-state index contributed by atoms with van der Waals surface area (Å²) in [6, 6.07) is 0. The molecule has 3 fully saturated rings. The first kappa shape index (κ1) is 12.5. The molecule has 18 heavy (non-hydrogen) atoms. The van der Waals surface area contributed by atoms with Crippen molar-refractivity contribution in [3.8, 4) is 0 Å². The van der Waals surface area contributed by atoms with E-state index in [4.69, 9.17) is 0 Å². The van der Waals surface area contributed by atoms with E-state index in [0.717, 1.165) is 25.3 Å². The summed E-state index contributed by atoms with van der Waals surface area (Å²) >= 11 is 0. The van der Waals surface area contributed by atoms with Crippen LogP contribution in [0.15, 0.2) is 0 Å². The normalized spacial score (nSPS) is 36.6. The Hall–Kier alpha value is -0.570. The van der Waals surface area contributed by atoms with Gasteiger partial charge in [-0.05, 0) is 44.6 Å². The predicted molar refractivity (Wildman–Crippen MR) is 72.3 cm³/mol. The van der Waals surface area contributed by atoms with Gasteiger partial charge in [0.15, 0.2) is 0 Å². The minimum Gasteiger partial charge on any atom is -0.354 e. The molecule has 1 heterocycles. The van der Waals surface area contributed by atoms with Crippen LogP contribution in [0, 0.1) is 11.8 Å². The van der Waals surface area contributed by atoms with Crippen molar-refractivity contribution in [3.63, 3.8) is 0 Å². The first-order chi connectivity index (χ1) is 8.77. The number of amides is 1. The summed E-state index contributed by atoms with van der Waals surface area (Å²) in [5, 5.41) is 6.91. The van der Waals surface area contributed by atoms with Crippen LogP contribution in [0.3, 0.4) is 0 Å². The Kier molecular flexibility index (Phi) is 3.60. The van der Waals surface area contributed by atoms with Crippen molar-refractivity contribution in [2.45, 2.75) is 63.3 Å². The maximum Gasteiger partial charge on any atom is 0.223 e. The molecule has 3 aliphatic rings. The van der Waals surface area contributed by atoms with Crippen molar-refractivity contribution in [1.82, 2.24) is 10.6 Å². The second kappa shape index (κ2) is 5.20. The molecule has 0 aromatic carbocycles. The molecule has 2 aliphatic carbocycles. The second-order valence-electron chi connectivity index (χ2n) is 6.68. The van der Waals surface area contributed by atoms with Gasteiger partial charge < -0.3 is 10.6 Å². The molecule has 1 amide bonds. The van der Waals surface area contributed by atoms with E-state index < -0.39 is 0 Å². The number of hydrogen-bond acceptors (Lipinski definition) is 2. The predicted octanol–water partition coefficient (Wildman–Crippen LogP) is 2.22. The zero-order valence-electron chi connectivity index (χ0n) is 11.3. The highest BCUT2D eigenvalue weighted by Gasteiger charge is 2.41. The number of rotatable bonds is 3. The quantitative estimate of drug-likeness (QED) is 0.806. The molecule has 2 bridgehead atoms. The Morgan fingerprint density at radius 3 is 2.83 bits per heavy atom. The van der Waals surface area contributed by atoms with Gasteiger partial charge in [-0.3, -0.25) is 4.79 Å². The SMILES string of the molecule is O=C(NCC12CCCC(CN1)C2)C1CCCCC1. The van der Waals surface area contributed by atoms with E-state index >= 15 is 0 Å². The Bertz CT molecular complexity index is 308. The lowest BCUT2D eigenvalue weighted by Gasteiger charge is -2.34. The molecule has 2 N–H and O–H groups in total. The third-order valence-corrected chi connectivity index (χ3v) is 5.29. The van der Waals surface area contributed by atoms with Crippen molar-refractivity contribution in [2.24, 2.45) is 11.8 Å². The number of carbonyl (C=O) groups is 1. The molecule has 1 saturated heterocycles. The van der Waals surface area contributed by atoms with Gasteiger partial charge in [0.2, 0.25) is 5.91 Å². The molecular weight excluding hydrogens is 224 g/mol. The van der Waals surface area contributed by atoms with Crippen LogP contribution in [0.2, 0.25) is 0 Å². The standard InChI is InChI=1S/C15H26N2O/c18-14(13-6-2-1-3-7-13)16-11-15-8-4-5-12(9-15)10-17-15/h12-13,17H,1-11H2,(H,16,18). The Labute approximate surface area is 110 Å². The van der Waals surface area contributed by atoms with Crippen LogP contribution in [-0.4, -0.2) is 24.5 Å². The van der Waals surface area contributed by atoms with E-state index in [9.17, 15) is 4.79 Å². The van der Waals surface area contributed by atoms with Gasteiger partial charge in [0.1, 0.15) is 0 Å². The van der Waals surface area contributed by atoms with Crippen LogP contribution < -0.4 is 10.6 Å². The van der Waals surface area contributed by atoms with Crippen molar-refractivity contribution in [3.05, 3.63) is 0 Å². The number of carbonyl (C=O) groups excluding carboxylic acids is 1. The average molecular weight is 250 g/mol. The minimum absolute atomic E-state index is 0.243. The van der Waals surface area contributed by atoms with Gasteiger partial charge in [0, 0.05) is 18.0 Å². The molecule has 0 radical (unpaired) electrons. The first-order valence-electron chi connectivity index (χ1n) is 7.80. The summed E-state index contributed by atoms with van der Waals surface area (Å²) in [5.41, 5.74) is 0.243. The Morgan fingerprint density at radius 1 is 1.17 bits per heavy atom. The molecule has 0 aromatic rings. The van der Waals surface area contributed by atoms with E-state index in [1.165, 1.54) is 51.5 Å². The second-order valence-corrected chi connectivity index (χ2v) is 6.68. The number of fused-ring (bicyclic) bond motifs is 2. The van der Waals surface area contributed by atoms with E-state index in [-0.39, 0.29) is 5.54 Å². The molecule has 3 heteroatoms. The smallest absolute Gasteiger partial charge is 0.223 e. The van der Waals surface area contributed by atoms with Gasteiger partial charge >= 0.3 is 0 Å². The van der Waals surface area contributed by atoms with E-state index in [1.54, 1.807) is 0 Å². The average Bonchev–Trinajstić information content (AvgIpc) is 2.72. The third-order valence-electron chi connectivity index (χ3n) is 5.29. The summed E-state index contributed by atoms with van der Waals surface area (Å²) in [5.74, 6) is 1.49. The van der Waals surface area contributed by atoms with Crippen LogP contribution in [0.1, 0.15) is 57.8 Å². The fourth-order valence-corrected chi connectivity index (χ4v) is 4.17. The first-order valence-corrected chi connectivity index (χ1v) is 7.80. The van der Waals surface area contributed by atoms with Crippen LogP contribution in [0.25, 0.3) is 0 Å². The third kappa shape index (κ3) is 2.56. The van der Waals surface area contributed by atoms with Gasteiger partial charge in [0.25, 0.3) is 0 Å². The van der Waals surface area contributed by atoms with Crippen LogP contribution in [0.5, 0.6) is 0 Å². The van der Waals surface area contributed by atoms with E-state index in [2.05, 4.69) is 10.6 Å². The summed E-state index contributed by atoms with van der Waals surface area (Å²) in [4.78, 5) is 12.2. The molecule has 0 spiro atoms. The minimum atomic E-state index is 0.243. The number of hydrogen-bond donors (Lipinski definition) is 2. The van der Waals surface area contributed by atoms with Crippen molar-refractivity contribution in [1.29, 1.82) is 0 Å². The zero-order chi connectivity index (χ0) is 12.4. The van der Waals surface area contributed by atoms with Gasteiger partial charge in [-0.15, -0.1) is 0 Å². The highest BCUT2D eigenvalue weighted by Crippen LogP contribution is 2.37. The van der Waals surface area contributed by atoms with Crippen LogP contribution >= 0.6 is 0 Å². The fourth-order valence-electron chi connectivity index (χ4n) is 4.17. The van der Waals surface area contributed by atoms with Gasteiger partial charge in [-0.2, -0.15) is 0 Å². The summed E-state index contributed by atoms with van der Waals surface area (Å²) in [7, 11) is 0. The Morgan fingerprint density at radius 2 is 2.00 bits per heavy atom. The molecule has 3 rings (SSSR count). The topological polar surface area (TPSA) is 41.1 Å². The summed E-state index contributed by atoms with van der Waals surface area (Å²) in [6.07, 6.45) is 11.2. The van der Waals surface area contributed by atoms with Gasteiger partial charge in [0.05, 0.1) is 0 Å². The molecule has 2 saturated carbocycles. The van der Waals surface area contributed by atoms with Crippen molar-refractivity contribution in [2.75, 3.05) is 13.1 Å². The summed E-state index contributed by atoms with van der Waals surface area (Å²) < 4.78 is 0.